The van der Waals surface area contributed by atoms with Crippen LogP contribution in [0.4, 0.5) is 0 Å². The summed E-state index contributed by atoms with van der Waals surface area (Å²) in [5.74, 6) is 0. The molecule has 1 saturated heterocycles. The minimum Gasteiger partial charge on any atom is -0.392 e. The van der Waals surface area contributed by atoms with E-state index in [0.717, 1.165) is 19.6 Å². The smallest absolute Gasteiger partial charge is 0.241 e. The average molecular weight is 312 g/mol. The normalized spacial score (nSPS) is 18.0. The molecular formula is C15H24N2O3S. The van der Waals surface area contributed by atoms with Crippen molar-refractivity contribution in [3.05, 3.63) is 29.3 Å². The van der Waals surface area contributed by atoms with Crippen molar-refractivity contribution < 1.29 is 13.5 Å². The summed E-state index contributed by atoms with van der Waals surface area (Å²) in [5, 5.41) is 9.17. The third kappa shape index (κ3) is 4.26. The first-order chi connectivity index (χ1) is 9.92. The van der Waals surface area contributed by atoms with Crippen molar-refractivity contribution in [2.24, 2.45) is 0 Å². The Bertz CT molecular complexity index is 581. The summed E-state index contributed by atoms with van der Waals surface area (Å²) < 4.78 is 27.7. The topological polar surface area (TPSA) is 69.6 Å². The highest BCUT2D eigenvalue weighted by Crippen LogP contribution is 2.18. The highest BCUT2D eigenvalue weighted by atomic mass is 32.2. The minimum absolute atomic E-state index is 0.134. The van der Waals surface area contributed by atoms with Crippen LogP contribution in [0.2, 0.25) is 0 Å². The first-order valence-corrected chi connectivity index (χ1v) is 8.86. The second kappa shape index (κ2) is 6.87. The average Bonchev–Trinajstić information content (AvgIpc) is 2.91. The van der Waals surface area contributed by atoms with Gasteiger partial charge in [-0.3, -0.25) is 0 Å². The molecule has 21 heavy (non-hydrogen) atoms. The number of rotatable bonds is 6. The molecule has 1 fully saturated rings. The Hall–Kier alpha value is -0.950. The molecule has 1 unspecified atom stereocenters. The lowest BCUT2D eigenvalue weighted by Crippen LogP contribution is -2.41. The number of benzene rings is 1. The number of likely N-dealkylation sites (tertiary alicyclic amines) is 1. The van der Waals surface area contributed by atoms with Gasteiger partial charge in [0.15, 0.2) is 0 Å². The molecule has 5 nitrogen and oxygen atoms in total. The summed E-state index contributed by atoms with van der Waals surface area (Å²) in [6.45, 7) is 6.32. The van der Waals surface area contributed by atoms with Crippen molar-refractivity contribution >= 4 is 10.0 Å². The van der Waals surface area contributed by atoms with E-state index in [1.165, 1.54) is 12.8 Å². The van der Waals surface area contributed by atoms with Crippen LogP contribution in [0, 0.1) is 6.92 Å². The summed E-state index contributed by atoms with van der Waals surface area (Å²) >= 11 is 0. The van der Waals surface area contributed by atoms with Crippen LogP contribution >= 0.6 is 0 Å². The van der Waals surface area contributed by atoms with Crippen LogP contribution in [0.5, 0.6) is 0 Å². The molecule has 6 heteroatoms. The lowest BCUT2D eigenvalue weighted by Gasteiger charge is -2.21. The maximum atomic E-state index is 12.5. The predicted molar refractivity (Wildman–Crippen MR) is 82.6 cm³/mol. The molecule has 0 spiro atoms. The van der Waals surface area contributed by atoms with Gasteiger partial charge in [-0.2, -0.15) is 0 Å². The van der Waals surface area contributed by atoms with Crippen LogP contribution in [0.1, 0.15) is 30.9 Å². The molecule has 0 radical (unpaired) electrons. The van der Waals surface area contributed by atoms with Gasteiger partial charge in [0.2, 0.25) is 10.0 Å². The highest BCUT2D eigenvalue weighted by Gasteiger charge is 2.22. The molecule has 0 aromatic heterocycles. The summed E-state index contributed by atoms with van der Waals surface area (Å²) in [6, 6.07) is 4.87. The monoisotopic (exact) mass is 312 g/mol. The number of sulfonamides is 1. The lowest BCUT2D eigenvalue weighted by molar-refractivity contribution is 0.281. The number of hydrogen-bond donors (Lipinski definition) is 2. The van der Waals surface area contributed by atoms with Crippen LogP contribution in [-0.4, -0.2) is 44.1 Å². The van der Waals surface area contributed by atoms with E-state index in [9.17, 15) is 8.42 Å². The third-order valence-corrected chi connectivity index (χ3v) is 5.54. The van der Waals surface area contributed by atoms with E-state index in [0.29, 0.717) is 11.1 Å². The number of aryl methyl sites for hydroxylation is 1. The minimum atomic E-state index is -3.55. The SMILES string of the molecule is Cc1ccc(CO)cc1S(=O)(=O)NC(C)CN1CCCC1. The summed E-state index contributed by atoms with van der Waals surface area (Å²) in [5.41, 5.74) is 1.29. The first kappa shape index (κ1) is 16.4. The zero-order valence-electron chi connectivity index (χ0n) is 12.7. The van der Waals surface area contributed by atoms with Crippen molar-refractivity contribution in [3.63, 3.8) is 0 Å². The second-order valence-electron chi connectivity index (χ2n) is 5.79. The number of aliphatic hydroxyl groups is 1. The lowest BCUT2D eigenvalue weighted by atomic mass is 10.2. The van der Waals surface area contributed by atoms with Gasteiger partial charge < -0.3 is 10.0 Å². The van der Waals surface area contributed by atoms with Gasteiger partial charge in [-0.15, -0.1) is 0 Å². The molecule has 1 heterocycles. The number of hydrogen-bond acceptors (Lipinski definition) is 4. The maximum absolute atomic E-state index is 12.5. The van der Waals surface area contributed by atoms with Gasteiger partial charge in [-0.1, -0.05) is 12.1 Å². The summed E-state index contributed by atoms with van der Waals surface area (Å²) in [6.07, 6.45) is 2.38. The molecule has 1 aromatic rings. The highest BCUT2D eigenvalue weighted by molar-refractivity contribution is 7.89. The molecule has 1 aliphatic rings. The Kier molecular flexibility index (Phi) is 5.37. The van der Waals surface area contributed by atoms with Crippen molar-refractivity contribution in [1.29, 1.82) is 0 Å². The van der Waals surface area contributed by atoms with E-state index in [1.807, 2.05) is 6.92 Å². The van der Waals surface area contributed by atoms with E-state index in [4.69, 9.17) is 5.11 Å². The van der Waals surface area contributed by atoms with Gasteiger partial charge in [0, 0.05) is 12.6 Å². The van der Waals surface area contributed by atoms with Crippen molar-refractivity contribution in [2.75, 3.05) is 19.6 Å². The van der Waals surface area contributed by atoms with Gasteiger partial charge in [0.05, 0.1) is 11.5 Å². The Morgan fingerprint density at radius 3 is 2.62 bits per heavy atom. The van der Waals surface area contributed by atoms with Crippen molar-refractivity contribution in [3.8, 4) is 0 Å². The Balaban J connectivity index is 2.10. The molecule has 0 aliphatic carbocycles. The van der Waals surface area contributed by atoms with Gasteiger partial charge in [-0.25, -0.2) is 13.1 Å². The van der Waals surface area contributed by atoms with E-state index in [1.54, 1.807) is 25.1 Å². The van der Waals surface area contributed by atoms with Crippen LogP contribution in [-0.2, 0) is 16.6 Å². The van der Waals surface area contributed by atoms with Crippen LogP contribution in [0.15, 0.2) is 23.1 Å². The second-order valence-corrected chi connectivity index (χ2v) is 7.47. The van der Waals surface area contributed by atoms with Crippen LogP contribution < -0.4 is 4.72 Å². The largest absolute Gasteiger partial charge is 0.392 e. The molecule has 0 bridgehead atoms. The molecule has 1 aromatic carbocycles. The number of nitrogens with zero attached hydrogens (tertiary/aromatic N) is 1. The number of nitrogens with one attached hydrogen (secondary N) is 1. The fourth-order valence-corrected chi connectivity index (χ4v) is 4.28. The molecule has 0 saturated carbocycles. The number of aliphatic hydroxyl groups excluding tert-OH is 1. The maximum Gasteiger partial charge on any atom is 0.241 e. The Labute approximate surface area is 127 Å². The summed E-state index contributed by atoms with van der Waals surface area (Å²) in [4.78, 5) is 2.53. The standard InChI is InChI=1S/C15H24N2O3S/c1-12-5-6-14(11-18)9-15(12)21(19,20)16-13(2)10-17-7-3-4-8-17/h5-6,9,13,16,18H,3-4,7-8,10-11H2,1-2H3. The zero-order chi connectivity index (χ0) is 15.5. The van der Waals surface area contributed by atoms with Crippen LogP contribution in [0.3, 0.4) is 0 Å². The molecule has 1 aliphatic heterocycles. The van der Waals surface area contributed by atoms with E-state index in [-0.39, 0.29) is 17.5 Å². The quantitative estimate of drug-likeness (QED) is 0.829. The molecule has 1 atom stereocenters. The molecular weight excluding hydrogens is 288 g/mol. The van der Waals surface area contributed by atoms with E-state index < -0.39 is 10.0 Å². The predicted octanol–water partition coefficient (Wildman–Crippen LogP) is 1.25. The van der Waals surface area contributed by atoms with Gasteiger partial charge in [0.1, 0.15) is 0 Å². The Morgan fingerprint density at radius 1 is 1.33 bits per heavy atom. The molecule has 2 N–H and O–H groups in total. The van der Waals surface area contributed by atoms with E-state index in [2.05, 4.69) is 9.62 Å². The van der Waals surface area contributed by atoms with Gasteiger partial charge >= 0.3 is 0 Å². The van der Waals surface area contributed by atoms with Crippen LogP contribution in [0.25, 0.3) is 0 Å². The van der Waals surface area contributed by atoms with Gasteiger partial charge in [-0.05, 0) is 57.0 Å². The fraction of sp³-hybridized carbons (Fsp3) is 0.600. The zero-order valence-corrected chi connectivity index (χ0v) is 13.5. The van der Waals surface area contributed by atoms with Crippen molar-refractivity contribution in [2.45, 2.75) is 44.2 Å². The first-order valence-electron chi connectivity index (χ1n) is 7.37. The third-order valence-electron chi connectivity index (χ3n) is 3.81. The Morgan fingerprint density at radius 2 is 2.00 bits per heavy atom. The van der Waals surface area contributed by atoms with E-state index >= 15 is 0 Å². The van der Waals surface area contributed by atoms with Gasteiger partial charge in [0.25, 0.3) is 0 Å². The van der Waals surface area contributed by atoms with Crippen molar-refractivity contribution in [1.82, 2.24) is 9.62 Å². The molecule has 118 valence electrons. The molecule has 2 rings (SSSR count). The molecule has 0 amide bonds. The summed E-state index contributed by atoms with van der Waals surface area (Å²) in [7, 11) is -3.55. The fourth-order valence-electron chi connectivity index (χ4n) is 2.75.